The molecule has 1 aromatic rings. The van der Waals surface area contributed by atoms with Gasteiger partial charge in [0.05, 0.1) is 0 Å². The van der Waals surface area contributed by atoms with E-state index in [0.717, 1.165) is 11.6 Å². The van der Waals surface area contributed by atoms with Gasteiger partial charge in [-0.2, -0.15) is 0 Å². The lowest BCUT2D eigenvalue weighted by Gasteiger charge is -2.10. The number of hydrogen-bond acceptors (Lipinski definition) is 2. The first-order chi connectivity index (χ1) is 6.22. The van der Waals surface area contributed by atoms with Gasteiger partial charge >= 0.3 is 0 Å². The average Bonchev–Trinajstić information content (AvgIpc) is 2.16. The highest BCUT2D eigenvalue weighted by Crippen LogP contribution is 2.09. The topological polar surface area (TPSA) is 38.0 Å². The van der Waals surface area contributed by atoms with Crippen LogP contribution in [0.15, 0.2) is 24.3 Å². The first-order valence-electron chi connectivity index (χ1n) is 4.40. The fraction of sp³-hybridized carbons (Fsp3) is 0.400. The van der Waals surface area contributed by atoms with E-state index in [0.29, 0.717) is 12.6 Å². The van der Waals surface area contributed by atoms with Gasteiger partial charge in [-0.1, -0.05) is 23.7 Å². The molecule has 1 rings (SSSR count). The summed E-state index contributed by atoms with van der Waals surface area (Å²) in [6.45, 7) is 3.57. The maximum absolute atomic E-state index is 5.76. The number of benzene rings is 1. The van der Waals surface area contributed by atoms with Crippen molar-refractivity contribution in [1.82, 2.24) is 5.32 Å². The van der Waals surface area contributed by atoms with E-state index in [1.165, 1.54) is 5.56 Å². The molecule has 0 aliphatic heterocycles. The van der Waals surface area contributed by atoms with Crippen LogP contribution < -0.4 is 11.1 Å². The molecule has 0 saturated heterocycles. The maximum atomic E-state index is 5.76. The van der Waals surface area contributed by atoms with Crippen LogP contribution in [0.1, 0.15) is 12.5 Å². The van der Waals surface area contributed by atoms with Crippen LogP contribution in [0.4, 0.5) is 0 Å². The smallest absolute Gasteiger partial charge is 0.0406 e. The van der Waals surface area contributed by atoms with Crippen LogP contribution in [0, 0.1) is 0 Å². The van der Waals surface area contributed by atoms with Gasteiger partial charge in [0.25, 0.3) is 0 Å². The lowest BCUT2D eigenvalue weighted by molar-refractivity contribution is 0.556. The third-order valence-electron chi connectivity index (χ3n) is 1.92. The Bertz CT molecular complexity index is 246. The molecule has 3 heteroatoms. The minimum absolute atomic E-state index is 0.357. The summed E-state index contributed by atoms with van der Waals surface area (Å²) in [5, 5.41) is 4.07. The average molecular weight is 199 g/mol. The summed E-state index contributed by atoms with van der Waals surface area (Å²) in [5.74, 6) is 0. The van der Waals surface area contributed by atoms with Gasteiger partial charge in [-0.05, 0) is 24.6 Å². The van der Waals surface area contributed by atoms with Crippen LogP contribution in [0.2, 0.25) is 5.02 Å². The molecule has 72 valence electrons. The normalized spacial score (nSPS) is 12.8. The lowest BCUT2D eigenvalue weighted by Crippen LogP contribution is -2.32. The van der Waals surface area contributed by atoms with E-state index in [1.807, 2.05) is 24.3 Å². The SMILES string of the molecule is C[C@H](CN)NCc1ccc(Cl)cc1. The van der Waals surface area contributed by atoms with E-state index in [2.05, 4.69) is 12.2 Å². The van der Waals surface area contributed by atoms with E-state index in [9.17, 15) is 0 Å². The van der Waals surface area contributed by atoms with Crippen molar-refractivity contribution in [3.8, 4) is 0 Å². The summed E-state index contributed by atoms with van der Waals surface area (Å²) < 4.78 is 0. The second-order valence-corrected chi connectivity index (χ2v) is 3.58. The predicted molar refractivity (Wildman–Crippen MR) is 56.8 cm³/mol. The van der Waals surface area contributed by atoms with Gasteiger partial charge in [0.2, 0.25) is 0 Å². The molecule has 0 aromatic heterocycles. The summed E-state index contributed by atoms with van der Waals surface area (Å²) in [7, 11) is 0. The zero-order chi connectivity index (χ0) is 9.68. The van der Waals surface area contributed by atoms with Crippen LogP contribution in [-0.4, -0.2) is 12.6 Å². The Balaban J connectivity index is 2.41. The second kappa shape index (κ2) is 5.22. The Hall–Kier alpha value is -0.570. The molecule has 13 heavy (non-hydrogen) atoms. The molecule has 0 heterocycles. The first-order valence-corrected chi connectivity index (χ1v) is 4.78. The molecule has 0 amide bonds. The Morgan fingerprint density at radius 1 is 1.38 bits per heavy atom. The molecule has 3 N–H and O–H groups in total. The molecule has 0 radical (unpaired) electrons. The monoisotopic (exact) mass is 198 g/mol. The predicted octanol–water partition coefficient (Wildman–Crippen LogP) is 1.78. The van der Waals surface area contributed by atoms with Crippen LogP contribution in [0.5, 0.6) is 0 Å². The first kappa shape index (κ1) is 10.5. The number of nitrogens with two attached hydrogens (primary N) is 1. The fourth-order valence-corrected chi connectivity index (χ4v) is 1.10. The quantitative estimate of drug-likeness (QED) is 0.774. The van der Waals surface area contributed by atoms with Crippen LogP contribution >= 0.6 is 11.6 Å². The zero-order valence-corrected chi connectivity index (χ0v) is 8.51. The third-order valence-corrected chi connectivity index (χ3v) is 2.17. The summed E-state index contributed by atoms with van der Waals surface area (Å²) in [4.78, 5) is 0. The highest BCUT2D eigenvalue weighted by molar-refractivity contribution is 6.30. The molecular weight excluding hydrogens is 184 g/mol. The molecule has 1 aromatic carbocycles. The van der Waals surface area contributed by atoms with Gasteiger partial charge in [0.15, 0.2) is 0 Å². The van der Waals surface area contributed by atoms with Crippen LogP contribution in [0.3, 0.4) is 0 Å². The van der Waals surface area contributed by atoms with Crippen molar-refractivity contribution in [3.05, 3.63) is 34.9 Å². The molecule has 0 aliphatic rings. The molecule has 1 atom stereocenters. The summed E-state index contributed by atoms with van der Waals surface area (Å²) in [6.07, 6.45) is 0. The standard InChI is InChI=1S/C10H15ClN2/c1-8(6-12)13-7-9-2-4-10(11)5-3-9/h2-5,8,13H,6-7,12H2,1H3/t8-/m1/s1. The number of rotatable bonds is 4. The highest BCUT2D eigenvalue weighted by atomic mass is 35.5. The van der Waals surface area contributed by atoms with Crippen molar-refractivity contribution in [1.29, 1.82) is 0 Å². The molecule has 0 aliphatic carbocycles. The molecule has 0 unspecified atom stereocenters. The zero-order valence-electron chi connectivity index (χ0n) is 7.76. The molecule has 0 fully saturated rings. The van der Waals surface area contributed by atoms with Crippen molar-refractivity contribution in [2.75, 3.05) is 6.54 Å². The van der Waals surface area contributed by atoms with Crippen LogP contribution in [0.25, 0.3) is 0 Å². The molecule has 0 saturated carbocycles. The molecule has 0 bridgehead atoms. The summed E-state index contributed by atoms with van der Waals surface area (Å²) in [5.41, 5.74) is 6.70. The van der Waals surface area contributed by atoms with E-state index >= 15 is 0 Å². The number of nitrogens with one attached hydrogen (secondary N) is 1. The van der Waals surface area contributed by atoms with E-state index in [1.54, 1.807) is 0 Å². The van der Waals surface area contributed by atoms with E-state index < -0.39 is 0 Å². The Morgan fingerprint density at radius 3 is 2.54 bits per heavy atom. The largest absolute Gasteiger partial charge is 0.329 e. The summed E-state index contributed by atoms with van der Waals surface area (Å²) in [6, 6.07) is 8.17. The fourth-order valence-electron chi connectivity index (χ4n) is 0.978. The van der Waals surface area contributed by atoms with Crippen LogP contribution in [-0.2, 0) is 6.54 Å². The maximum Gasteiger partial charge on any atom is 0.0406 e. The number of hydrogen-bond donors (Lipinski definition) is 2. The lowest BCUT2D eigenvalue weighted by atomic mass is 10.2. The second-order valence-electron chi connectivity index (χ2n) is 3.14. The van der Waals surface area contributed by atoms with Gasteiger partial charge in [0.1, 0.15) is 0 Å². The summed E-state index contributed by atoms with van der Waals surface area (Å²) >= 11 is 5.76. The molecular formula is C10H15ClN2. The Kier molecular flexibility index (Phi) is 4.22. The number of halogens is 1. The van der Waals surface area contributed by atoms with Gasteiger partial charge in [-0.25, -0.2) is 0 Å². The van der Waals surface area contributed by atoms with Gasteiger partial charge in [0, 0.05) is 24.2 Å². The van der Waals surface area contributed by atoms with Gasteiger partial charge in [-0.3, -0.25) is 0 Å². The van der Waals surface area contributed by atoms with E-state index in [-0.39, 0.29) is 0 Å². The molecule has 0 spiro atoms. The minimum Gasteiger partial charge on any atom is -0.329 e. The Morgan fingerprint density at radius 2 is 2.00 bits per heavy atom. The Labute approximate surface area is 84.1 Å². The van der Waals surface area contributed by atoms with Gasteiger partial charge in [-0.15, -0.1) is 0 Å². The van der Waals surface area contributed by atoms with Gasteiger partial charge < -0.3 is 11.1 Å². The van der Waals surface area contributed by atoms with Crippen molar-refractivity contribution < 1.29 is 0 Å². The third kappa shape index (κ3) is 3.77. The minimum atomic E-state index is 0.357. The van der Waals surface area contributed by atoms with Crippen molar-refractivity contribution in [2.24, 2.45) is 5.73 Å². The van der Waals surface area contributed by atoms with Crippen molar-refractivity contribution in [2.45, 2.75) is 19.5 Å². The highest BCUT2D eigenvalue weighted by Gasteiger charge is 1.97. The van der Waals surface area contributed by atoms with Crippen molar-refractivity contribution in [3.63, 3.8) is 0 Å². The van der Waals surface area contributed by atoms with Crippen molar-refractivity contribution >= 4 is 11.6 Å². The van der Waals surface area contributed by atoms with E-state index in [4.69, 9.17) is 17.3 Å². The molecule has 2 nitrogen and oxygen atoms in total.